The molecule has 0 aliphatic carbocycles. The Hall–Kier alpha value is -2.21. The third-order valence-corrected chi connectivity index (χ3v) is 2.74. The lowest BCUT2D eigenvalue weighted by molar-refractivity contribution is 0.263. The molecule has 0 radical (unpaired) electrons. The van der Waals surface area contributed by atoms with E-state index in [2.05, 4.69) is 9.97 Å². The van der Waals surface area contributed by atoms with E-state index in [0.29, 0.717) is 28.9 Å². The normalized spacial score (nSPS) is 10.1. The van der Waals surface area contributed by atoms with Crippen molar-refractivity contribution in [2.24, 2.45) is 5.73 Å². The molecule has 0 bridgehead atoms. The molecule has 20 heavy (non-hydrogen) atoms. The maximum Gasteiger partial charge on any atom is 0.166 e. The second-order valence-electron chi connectivity index (χ2n) is 3.91. The number of hydrogen-bond acceptors (Lipinski definition) is 5. The summed E-state index contributed by atoms with van der Waals surface area (Å²) in [5, 5.41) is 0. The molecule has 0 spiro atoms. The van der Waals surface area contributed by atoms with Crippen LogP contribution >= 0.6 is 12.2 Å². The van der Waals surface area contributed by atoms with Crippen molar-refractivity contribution >= 4 is 17.2 Å². The van der Waals surface area contributed by atoms with E-state index in [9.17, 15) is 0 Å². The van der Waals surface area contributed by atoms with Crippen molar-refractivity contribution in [2.75, 3.05) is 6.61 Å². The molecule has 0 atom stereocenters. The van der Waals surface area contributed by atoms with Crippen molar-refractivity contribution < 1.29 is 9.47 Å². The first-order valence-electron chi connectivity index (χ1n) is 6.16. The fourth-order valence-corrected chi connectivity index (χ4v) is 1.72. The van der Waals surface area contributed by atoms with Gasteiger partial charge in [0.2, 0.25) is 0 Å². The molecule has 2 N–H and O–H groups in total. The van der Waals surface area contributed by atoms with E-state index < -0.39 is 0 Å². The fourth-order valence-electron chi connectivity index (χ4n) is 1.60. The Morgan fingerprint density at radius 3 is 2.60 bits per heavy atom. The van der Waals surface area contributed by atoms with Gasteiger partial charge < -0.3 is 15.2 Å². The molecular weight excluding hydrogens is 274 g/mol. The maximum absolute atomic E-state index is 5.68. The average molecular weight is 289 g/mol. The standard InChI is InChI=1S/C14H15N3O2S/c1-2-18-12-8-10(14(15)20)4-5-11(12)19-9-13-16-6-3-7-17-13/h3-8H,2,9H2,1H3,(H2,15,20). The van der Waals surface area contributed by atoms with Crippen molar-refractivity contribution in [3.05, 3.63) is 48.0 Å². The van der Waals surface area contributed by atoms with Crippen LogP contribution in [0.25, 0.3) is 0 Å². The van der Waals surface area contributed by atoms with Gasteiger partial charge in [0.15, 0.2) is 17.3 Å². The van der Waals surface area contributed by atoms with Gasteiger partial charge in [0.25, 0.3) is 0 Å². The number of rotatable bonds is 6. The molecule has 1 aromatic heterocycles. The summed E-state index contributed by atoms with van der Waals surface area (Å²) in [6, 6.07) is 7.10. The average Bonchev–Trinajstić information content (AvgIpc) is 2.47. The number of aromatic nitrogens is 2. The highest BCUT2D eigenvalue weighted by molar-refractivity contribution is 7.80. The molecule has 1 heterocycles. The number of benzene rings is 1. The summed E-state index contributed by atoms with van der Waals surface area (Å²) in [5.41, 5.74) is 6.35. The van der Waals surface area contributed by atoms with E-state index in [4.69, 9.17) is 27.4 Å². The topological polar surface area (TPSA) is 70.3 Å². The summed E-state index contributed by atoms with van der Waals surface area (Å²) in [6.45, 7) is 2.70. The molecule has 0 saturated heterocycles. The molecule has 2 rings (SSSR count). The van der Waals surface area contributed by atoms with E-state index in [1.54, 1.807) is 36.7 Å². The van der Waals surface area contributed by atoms with Gasteiger partial charge in [-0.05, 0) is 31.2 Å². The highest BCUT2D eigenvalue weighted by Gasteiger charge is 2.08. The first-order valence-corrected chi connectivity index (χ1v) is 6.57. The summed E-state index contributed by atoms with van der Waals surface area (Å²) in [7, 11) is 0. The van der Waals surface area contributed by atoms with E-state index >= 15 is 0 Å². The van der Waals surface area contributed by atoms with Gasteiger partial charge in [-0.25, -0.2) is 9.97 Å². The van der Waals surface area contributed by atoms with Crippen LogP contribution < -0.4 is 15.2 Å². The number of nitrogens with zero attached hydrogens (tertiary/aromatic N) is 2. The zero-order chi connectivity index (χ0) is 14.4. The van der Waals surface area contributed by atoms with Crippen molar-refractivity contribution in [1.82, 2.24) is 9.97 Å². The lowest BCUT2D eigenvalue weighted by Gasteiger charge is -2.12. The molecule has 0 aliphatic heterocycles. The van der Waals surface area contributed by atoms with Crippen LogP contribution in [0.2, 0.25) is 0 Å². The molecule has 104 valence electrons. The van der Waals surface area contributed by atoms with Crippen LogP contribution in [0.4, 0.5) is 0 Å². The smallest absolute Gasteiger partial charge is 0.166 e. The number of nitrogens with two attached hydrogens (primary N) is 1. The first-order chi connectivity index (χ1) is 9.70. The molecule has 0 amide bonds. The Balaban J connectivity index is 2.16. The largest absolute Gasteiger partial charge is 0.490 e. The summed E-state index contributed by atoms with van der Waals surface area (Å²) in [5.74, 6) is 1.82. The van der Waals surface area contributed by atoms with E-state index in [0.717, 1.165) is 5.56 Å². The molecule has 0 unspecified atom stereocenters. The van der Waals surface area contributed by atoms with Crippen LogP contribution in [0, 0.1) is 0 Å². The van der Waals surface area contributed by atoms with Gasteiger partial charge >= 0.3 is 0 Å². The van der Waals surface area contributed by atoms with Gasteiger partial charge in [-0.2, -0.15) is 0 Å². The number of hydrogen-bond donors (Lipinski definition) is 1. The van der Waals surface area contributed by atoms with Crippen LogP contribution in [0.1, 0.15) is 18.3 Å². The highest BCUT2D eigenvalue weighted by Crippen LogP contribution is 2.29. The second-order valence-corrected chi connectivity index (χ2v) is 4.35. The predicted octanol–water partition coefficient (Wildman–Crippen LogP) is 2.09. The molecule has 0 saturated carbocycles. The Kier molecular flexibility index (Phi) is 4.84. The van der Waals surface area contributed by atoms with Crippen molar-refractivity contribution in [3.63, 3.8) is 0 Å². The van der Waals surface area contributed by atoms with Crippen LogP contribution in [0.15, 0.2) is 36.7 Å². The van der Waals surface area contributed by atoms with Crippen LogP contribution in [0.5, 0.6) is 11.5 Å². The second kappa shape index (κ2) is 6.81. The molecule has 2 aromatic rings. The number of thiocarbonyl (C=S) groups is 1. The van der Waals surface area contributed by atoms with Gasteiger partial charge in [0, 0.05) is 18.0 Å². The van der Waals surface area contributed by atoms with Gasteiger partial charge in [-0.15, -0.1) is 0 Å². The first kappa shape index (κ1) is 14.2. The van der Waals surface area contributed by atoms with Crippen molar-refractivity contribution in [3.8, 4) is 11.5 Å². The van der Waals surface area contributed by atoms with Gasteiger partial charge in [0.1, 0.15) is 11.6 Å². The third-order valence-electron chi connectivity index (χ3n) is 2.50. The third kappa shape index (κ3) is 3.64. The zero-order valence-corrected chi connectivity index (χ0v) is 11.9. The van der Waals surface area contributed by atoms with E-state index in [1.165, 1.54) is 0 Å². The lowest BCUT2D eigenvalue weighted by Crippen LogP contribution is -2.10. The van der Waals surface area contributed by atoms with Crippen molar-refractivity contribution in [2.45, 2.75) is 13.5 Å². The number of ether oxygens (including phenoxy) is 2. The van der Waals surface area contributed by atoms with Gasteiger partial charge in [0.05, 0.1) is 6.61 Å². The molecule has 0 aliphatic rings. The Bertz CT molecular complexity index is 590. The zero-order valence-electron chi connectivity index (χ0n) is 11.1. The molecule has 1 aromatic carbocycles. The molecule has 5 nitrogen and oxygen atoms in total. The minimum atomic E-state index is 0.271. The molecule has 0 fully saturated rings. The molecule has 6 heteroatoms. The van der Waals surface area contributed by atoms with E-state index in [-0.39, 0.29) is 6.61 Å². The highest BCUT2D eigenvalue weighted by atomic mass is 32.1. The lowest BCUT2D eigenvalue weighted by atomic mass is 10.2. The summed E-state index contributed by atoms with van der Waals surface area (Å²) in [6.07, 6.45) is 3.34. The van der Waals surface area contributed by atoms with Gasteiger partial charge in [-0.1, -0.05) is 12.2 Å². The van der Waals surface area contributed by atoms with Crippen LogP contribution in [-0.4, -0.2) is 21.6 Å². The maximum atomic E-state index is 5.68. The Morgan fingerprint density at radius 2 is 1.95 bits per heavy atom. The quantitative estimate of drug-likeness (QED) is 0.821. The monoisotopic (exact) mass is 289 g/mol. The Morgan fingerprint density at radius 1 is 1.20 bits per heavy atom. The Labute approximate surface area is 122 Å². The summed E-state index contributed by atoms with van der Waals surface area (Å²) < 4.78 is 11.2. The summed E-state index contributed by atoms with van der Waals surface area (Å²) >= 11 is 4.95. The molecular formula is C14H15N3O2S. The predicted molar refractivity (Wildman–Crippen MR) is 79.9 cm³/mol. The van der Waals surface area contributed by atoms with E-state index in [1.807, 2.05) is 6.92 Å². The minimum absolute atomic E-state index is 0.271. The van der Waals surface area contributed by atoms with Gasteiger partial charge in [-0.3, -0.25) is 0 Å². The SMILES string of the molecule is CCOc1cc(C(N)=S)ccc1OCc1ncccn1. The minimum Gasteiger partial charge on any atom is -0.490 e. The fraction of sp³-hybridized carbons (Fsp3) is 0.214. The summed E-state index contributed by atoms with van der Waals surface area (Å²) in [4.78, 5) is 8.52. The van der Waals surface area contributed by atoms with Crippen molar-refractivity contribution in [1.29, 1.82) is 0 Å². The van der Waals surface area contributed by atoms with Crippen LogP contribution in [-0.2, 0) is 6.61 Å². The van der Waals surface area contributed by atoms with Crippen LogP contribution in [0.3, 0.4) is 0 Å².